The van der Waals surface area contributed by atoms with Crippen LogP contribution in [0.1, 0.15) is 38.9 Å². The van der Waals surface area contributed by atoms with Gasteiger partial charge >= 0.3 is 5.97 Å². The summed E-state index contributed by atoms with van der Waals surface area (Å²) in [5.74, 6) is 0.146. The first kappa shape index (κ1) is 14.5. The number of benzene rings is 1. The highest BCUT2D eigenvalue weighted by Gasteiger charge is 2.21. The highest BCUT2D eigenvalue weighted by molar-refractivity contribution is 5.75. The van der Waals surface area contributed by atoms with Gasteiger partial charge in [0, 0.05) is 5.56 Å². The lowest BCUT2D eigenvalue weighted by atomic mass is 10.1. The zero-order valence-corrected chi connectivity index (χ0v) is 11.1. The minimum Gasteiger partial charge on any atom is -0.478 e. The van der Waals surface area contributed by atoms with Gasteiger partial charge in [0.15, 0.2) is 6.10 Å². The minimum absolute atomic E-state index is 0.330. The van der Waals surface area contributed by atoms with Crippen LogP contribution in [-0.2, 0) is 9.53 Å². The minimum atomic E-state index is -0.638. The van der Waals surface area contributed by atoms with Crippen LogP contribution in [0.4, 0.5) is 0 Å². The summed E-state index contributed by atoms with van der Waals surface area (Å²) in [6, 6.07) is 7.14. The molecule has 1 rings (SSSR count). The number of hydrogen-bond acceptors (Lipinski definition) is 4. The Morgan fingerprint density at radius 2 is 2.00 bits per heavy atom. The van der Waals surface area contributed by atoms with E-state index in [1.807, 2.05) is 13.0 Å². The number of carbonyl (C=O) groups is 1. The summed E-state index contributed by atoms with van der Waals surface area (Å²) < 4.78 is 10.6. The number of hydrogen-bond donors (Lipinski definition) is 1. The molecule has 4 nitrogen and oxygen atoms in total. The van der Waals surface area contributed by atoms with Crippen molar-refractivity contribution in [2.24, 2.45) is 0 Å². The fourth-order valence-electron chi connectivity index (χ4n) is 1.62. The van der Waals surface area contributed by atoms with Gasteiger partial charge in [-0.15, -0.1) is 0 Å². The molecule has 0 aliphatic carbocycles. The summed E-state index contributed by atoms with van der Waals surface area (Å²) in [5, 5.41) is 9.64. The van der Waals surface area contributed by atoms with Crippen molar-refractivity contribution < 1.29 is 19.4 Å². The van der Waals surface area contributed by atoms with E-state index in [1.165, 1.54) is 0 Å². The number of ether oxygens (including phenoxy) is 2. The molecule has 0 saturated carbocycles. The highest BCUT2D eigenvalue weighted by Crippen LogP contribution is 2.26. The van der Waals surface area contributed by atoms with Gasteiger partial charge in [-0.2, -0.15) is 0 Å². The van der Waals surface area contributed by atoms with Crippen LogP contribution in [0.3, 0.4) is 0 Å². The molecule has 18 heavy (non-hydrogen) atoms. The van der Waals surface area contributed by atoms with Crippen molar-refractivity contribution in [3.63, 3.8) is 0 Å². The van der Waals surface area contributed by atoms with E-state index < -0.39 is 12.2 Å². The summed E-state index contributed by atoms with van der Waals surface area (Å²) in [6.07, 6.45) is -0.752. The predicted octanol–water partition coefficient (Wildman–Crippen LogP) is 2.46. The van der Waals surface area contributed by atoms with Gasteiger partial charge in [0.2, 0.25) is 0 Å². The maximum atomic E-state index is 11.7. The van der Waals surface area contributed by atoms with Crippen LogP contribution in [0.2, 0.25) is 0 Å². The molecule has 0 spiro atoms. The Morgan fingerprint density at radius 3 is 2.56 bits per heavy atom. The second-order valence-electron chi connectivity index (χ2n) is 3.98. The van der Waals surface area contributed by atoms with Gasteiger partial charge in [0.1, 0.15) is 5.75 Å². The molecule has 0 aliphatic heterocycles. The Labute approximate surface area is 108 Å². The van der Waals surface area contributed by atoms with Crippen LogP contribution in [0.5, 0.6) is 5.75 Å². The van der Waals surface area contributed by atoms with E-state index in [0.29, 0.717) is 24.3 Å². The molecular formula is C14H20O4. The molecule has 2 unspecified atom stereocenters. The molecule has 1 aromatic rings. The quantitative estimate of drug-likeness (QED) is 0.790. The summed E-state index contributed by atoms with van der Waals surface area (Å²) >= 11 is 0. The first-order chi connectivity index (χ1) is 8.60. The summed E-state index contributed by atoms with van der Waals surface area (Å²) in [6.45, 7) is 5.60. The predicted molar refractivity (Wildman–Crippen MR) is 68.4 cm³/mol. The Kier molecular flexibility index (Phi) is 5.65. The lowest BCUT2D eigenvalue weighted by molar-refractivity contribution is -0.151. The van der Waals surface area contributed by atoms with Gasteiger partial charge in [-0.05, 0) is 26.3 Å². The Morgan fingerprint density at radius 1 is 1.33 bits per heavy atom. The molecule has 0 amide bonds. The largest absolute Gasteiger partial charge is 0.478 e. The third kappa shape index (κ3) is 3.74. The van der Waals surface area contributed by atoms with Crippen molar-refractivity contribution in [1.82, 2.24) is 0 Å². The van der Waals surface area contributed by atoms with Gasteiger partial charge in [-0.1, -0.05) is 25.1 Å². The third-order valence-electron chi connectivity index (χ3n) is 2.56. The zero-order valence-electron chi connectivity index (χ0n) is 11.1. The summed E-state index contributed by atoms with van der Waals surface area (Å²) in [5.41, 5.74) is 0.667. The van der Waals surface area contributed by atoms with Gasteiger partial charge in [-0.3, -0.25) is 0 Å². The first-order valence-corrected chi connectivity index (χ1v) is 6.20. The molecule has 0 bridgehead atoms. The number of rotatable bonds is 6. The fraction of sp³-hybridized carbons (Fsp3) is 0.500. The van der Waals surface area contributed by atoms with Crippen molar-refractivity contribution in [2.75, 3.05) is 6.61 Å². The smallest absolute Gasteiger partial charge is 0.347 e. The SMILES string of the molecule is CCOC(=O)C(CC)Oc1ccccc1C(C)O. The van der Waals surface area contributed by atoms with Crippen molar-refractivity contribution >= 4 is 5.97 Å². The molecule has 100 valence electrons. The molecule has 0 fully saturated rings. The second-order valence-corrected chi connectivity index (χ2v) is 3.98. The molecule has 0 aromatic heterocycles. The van der Waals surface area contributed by atoms with Crippen LogP contribution < -0.4 is 4.74 Å². The molecule has 1 N–H and O–H groups in total. The van der Waals surface area contributed by atoms with Crippen LogP contribution in [0.25, 0.3) is 0 Å². The van der Waals surface area contributed by atoms with Gasteiger partial charge in [0.05, 0.1) is 12.7 Å². The van der Waals surface area contributed by atoms with Crippen LogP contribution >= 0.6 is 0 Å². The topological polar surface area (TPSA) is 55.8 Å². The van der Waals surface area contributed by atoms with Crippen molar-refractivity contribution in [2.45, 2.75) is 39.4 Å². The number of aliphatic hydroxyl groups excluding tert-OH is 1. The molecular weight excluding hydrogens is 232 g/mol. The highest BCUT2D eigenvalue weighted by atomic mass is 16.6. The maximum Gasteiger partial charge on any atom is 0.347 e. The molecule has 0 radical (unpaired) electrons. The Bertz CT molecular complexity index is 387. The third-order valence-corrected chi connectivity index (χ3v) is 2.56. The first-order valence-electron chi connectivity index (χ1n) is 6.20. The zero-order chi connectivity index (χ0) is 13.5. The normalized spacial score (nSPS) is 13.8. The fourth-order valence-corrected chi connectivity index (χ4v) is 1.62. The second kappa shape index (κ2) is 7.01. The van der Waals surface area contributed by atoms with Crippen LogP contribution in [0, 0.1) is 0 Å². The Hall–Kier alpha value is -1.55. The average molecular weight is 252 g/mol. The van der Waals surface area contributed by atoms with E-state index in [2.05, 4.69) is 0 Å². The maximum absolute atomic E-state index is 11.7. The number of esters is 1. The van der Waals surface area contributed by atoms with Crippen LogP contribution in [-0.4, -0.2) is 23.8 Å². The van der Waals surface area contributed by atoms with Crippen molar-refractivity contribution in [3.05, 3.63) is 29.8 Å². The monoisotopic (exact) mass is 252 g/mol. The molecule has 0 heterocycles. The number of aliphatic hydroxyl groups is 1. The molecule has 1 aromatic carbocycles. The molecule has 0 aliphatic rings. The van der Waals surface area contributed by atoms with Gasteiger partial charge in [0.25, 0.3) is 0 Å². The molecule has 0 saturated heterocycles. The van der Waals surface area contributed by atoms with E-state index in [1.54, 1.807) is 32.0 Å². The van der Waals surface area contributed by atoms with Gasteiger partial charge in [-0.25, -0.2) is 4.79 Å². The van der Waals surface area contributed by atoms with Crippen molar-refractivity contribution in [1.29, 1.82) is 0 Å². The van der Waals surface area contributed by atoms with E-state index in [0.717, 1.165) is 0 Å². The summed E-state index contributed by atoms with van der Waals surface area (Å²) in [7, 11) is 0. The standard InChI is InChI=1S/C14H20O4/c1-4-12(14(16)17-5-2)18-13-9-7-6-8-11(13)10(3)15/h6-10,12,15H,4-5H2,1-3H3. The Balaban J connectivity index is 2.85. The lowest BCUT2D eigenvalue weighted by Crippen LogP contribution is -2.29. The van der Waals surface area contributed by atoms with E-state index in [4.69, 9.17) is 9.47 Å². The van der Waals surface area contributed by atoms with E-state index >= 15 is 0 Å². The van der Waals surface area contributed by atoms with Crippen molar-refractivity contribution in [3.8, 4) is 5.75 Å². The van der Waals surface area contributed by atoms with Crippen LogP contribution in [0.15, 0.2) is 24.3 Å². The number of para-hydroxylation sites is 1. The summed E-state index contributed by atoms with van der Waals surface area (Å²) in [4.78, 5) is 11.7. The molecule has 4 heteroatoms. The van der Waals surface area contributed by atoms with E-state index in [-0.39, 0.29) is 5.97 Å². The van der Waals surface area contributed by atoms with Gasteiger partial charge < -0.3 is 14.6 Å². The average Bonchev–Trinajstić information content (AvgIpc) is 2.36. The molecule has 2 atom stereocenters. The lowest BCUT2D eigenvalue weighted by Gasteiger charge is -2.19. The number of carbonyl (C=O) groups excluding carboxylic acids is 1. The van der Waals surface area contributed by atoms with E-state index in [9.17, 15) is 9.90 Å².